The van der Waals surface area contributed by atoms with Crippen molar-refractivity contribution in [2.45, 2.75) is 19.5 Å². The van der Waals surface area contributed by atoms with Crippen LogP contribution in [0.15, 0.2) is 42.5 Å². The summed E-state index contributed by atoms with van der Waals surface area (Å²) >= 11 is 5.93. The van der Waals surface area contributed by atoms with E-state index in [9.17, 15) is 9.59 Å². The Bertz CT molecular complexity index is 819. The largest absolute Gasteiger partial charge is 0.496 e. The zero-order chi connectivity index (χ0) is 21.4. The SMILES string of the molecule is CNC(=O)C(C)N(Cc1ccc(Cl)cc1)C(=O)COc1cc(OC)cc(OC)c1. The number of carbonyl (C=O) groups is 2. The number of benzene rings is 2. The Morgan fingerprint density at radius 1 is 1.03 bits per heavy atom. The predicted molar refractivity (Wildman–Crippen MR) is 111 cm³/mol. The van der Waals surface area contributed by atoms with E-state index in [4.69, 9.17) is 25.8 Å². The minimum atomic E-state index is -0.674. The maximum Gasteiger partial charge on any atom is 0.261 e. The lowest BCUT2D eigenvalue weighted by molar-refractivity contribution is -0.142. The summed E-state index contributed by atoms with van der Waals surface area (Å²) in [5, 5.41) is 3.17. The van der Waals surface area contributed by atoms with Gasteiger partial charge in [0.15, 0.2) is 6.61 Å². The molecular formula is C21H25ClN2O5. The van der Waals surface area contributed by atoms with Crippen LogP contribution < -0.4 is 19.5 Å². The minimum absolute atomic E-state index is 0.245. The van der Waals surface area contributed by atoms with Crippen molar-refractivity contribution in [3.8, 4) is 17.2 Å². The summed E-state index contributed by atoms with van der Waals surface area (Å²) in [7, 11) is 4.59. The van der Waals surface area contributed by atoms with Crippen LogP contribution in [0, 0.1) is 0 Å². The van der Waals surface area contributed by atoms with Crippen molar-refractivity contribution in [1.29, 1.82) is 0 Å². The highest BCUT2D eigenvalue weighted by molar-refractivity contribution is 6.30. The van der Waals surface area contributed by atoms with Gasteiger partial charge < -0.3 is 24.4 Å². The van der Waals surface area contributed by atoms with E-state index in [1.54, 1.807) is 37.3 Å². The lowest BCUT2D eigenvalue weighted by Crippen LogP contribution is -2.48. The van der Waals surface area contributed by atoms with Crippen LogP contribution in [0.25, 0.3) is 0 Å². The number of carbonyl (C=O) groups excluding carboxylic acids is 2. The molecule has 1 atom stereocenters. The second kappa shape index (κ2) is 10.6. The van der Waals surface area contributed by atoms with Crippen molar-refractivity contribution in [2.75, 3.05) is 27.9 Å². The third kappa shape index (κ3) is 6.29. The molecule has 8 heteroatoms. The lowest BCUT2D eigenvalue weighted by Gasteiger charge is -2.28. The number of methoxy groups -OCH3 is 2. The fraction of sp³-hybridized carbons (Fsp3) is 0.333. The summed E-state index contributed by atoms with van der Waals surface area (Å²) < 4.78 is 16.1. The normalized spacial score (nSPS) is 11.3. The van der Waals surface area contributed by atoms with Crippen molar-refractivity contribution in [3.63, 3.8) is 0 Å². The smallest absolute Gasteiger partial charge is 0.261 e. The van der Waals surface area contributed by atoms with Crippen LogP contribution in [0.5, 0.6) is 17.2 Å². The maximum absolute atomic E-state index is 12.9. The van der Waals surface area contributed by atoms with Gasteiger partial charge in [-0.25, -0.2) is 0 Å². The van der Waals surface area contributed by atoms with Gasteiger partial charge in [-0.2, -0.15) is 0 Å². The van der Waals surface area contributed by atoms with Crippen LogP contribution in [-0.4, -0.2) is 50.6 Å². The molecule has 0 aliphatic heterocycles. The highest BCUT2D eigenvalue weighted by atomic mass is 35.5. The highest BCUT2D eigenvalue weighted by Crippen LogP contribution is 2.27. The average molecular weight is 421 g/mol. The predicted octanol–water partition coefficient (Wildman–Crippen LogP) is 2.90. The average Bonchev–Trinajstić information content (AvgIpc) is 2.75. The molecule has 7 nitrogen and oxygen atoms in total. The summed E-state index contributed by atoms with van der Waals surface area (Å²) in [4.78, 5) is 26.5. The van der Waals surface area contributed by atoms with Crippen molar-refractivity contribution in [3.05, 3.63) is 53.1 Å². The van der Waals surface area contributed by atoms with E-state index < -0.39 is 6.04 Å². The van der Waals surface area contributed by atoms with E-state index in [1.165, 1.54) is 26.2 Å². The molecule has 0 fully saturated rings. The van der Waals surface area contributed by atoms with Crippen molar-refractivity contribution in [2.24, 2.45) is 0 Å². The molecule has 2 rings (SSSR count). The number of hydrogen-bond donors (Lipinski definition) is 1. The molecule has 0 saturated heterocycles. The second-order valence-corrected chi connectivity index (χ2v) is 6.71. The van der Waals surface area contributed by atoms with E-state index >= 15 is 0 Å². The van der Waals surface area contributed by atoms with E-state index in [-0.39, 0.29) is 25.0 Å². The molecule has 0 radical (unpaired) electrons. The summed E-state index contributed by atoms with van der Waals surface area (Å²) in [6.45, 7) is 1.67. The van der Waals surface area contributed by atoms with Gasteiger partial charge in [0.05, 0.1) is 14.2 Å². The Kier molecular flexibility index (Phi) is 8.15. The van der Waals surface area contributed by atoms with E-state index in [0.29, 0.717) is 22.3 Å². The number of likely N-dealkylation sites (N-methyl/N-ethyl adjacent to an activating group) is 1. The molecule has 0 saturated carbocycles. The quantitative estimate of drug-likeness (QED) is 0.675. The van der Waals surface area contributed by atoms with Crippen LogP contribution in [0.4, 0.5) is 0 Å². The Morgan fingerprint density at radius 2 is 1.59 bits per heavy atom. The summed E-state index contributed by atoms with van der Waals surface area (Å²) in [6, 6.07) is 11.4. The van der Waals surface area contributed by atoms with Gasteiger partial charge in [0, 0.05) is 36.8 Å². The molecule has 0 bridgehead atoms. The van der Waals surface area contributed by atoms with Gasteiger partial charge in [-0.1, -0.05) is 23.7 Å². The van der Waals surface area contributed by atoms with E-state index in [2.05, 4.69) is 5.32 Å². The first kappa shape index (κ1) is 22.4. The number of halogens is 1. The van der Waals surface area contributed by atoms with Gasteiger partial charge >= 0.3 is 0 Å². The number of ether oxygens (including phenoxy) is 3. The van der Waals surface area contributed by atoms with Crippen LogP contribution >= 0.6 is 11.6 Å². The molecule has 0 heterocycles. The Labute approximate surface area is 175 Å². The summed E-state index contributed by atoms with van der Waals surface area (Å²) in [5.74, 6) is 0.911. The molecule has 2 aromatic rings. The minimum Gasteiger partial charge on any atom is -0.496 e. The number of nitrogens with one attached hydrogen (secondary N) is 1. The first-order chi connectivity index (χ1) is 13.9. The third-order valence-corrected chi connectivity index (χ3v) is 4.62. The topological polar surface area (TPSA) is 77.1 Å². The molecule has 0 aliphatic rings. The highest BCUT2D eigenvalue weighted by Gasteiger charge is 2.26. The number of nitrogens with zero attached hydrogens (tertiary/aromatic N) is 1. The molecular weight excluding hydrogens is 396 g/mol. The van der Waals surface area contributed by atoms with Gasteiger partial charge in [0.1, 0.15) is 23.3 Å². The number of hydrogen-bond acceptors (Lipinski definition) is 5. The lowest BCUT2D eigenvalue weighted by atomic mass is 10.1. The zero-order valence-corrected chi connectivity index (χ0v) is 17.7. The van der Waals surface area contributed by atoms with Gasteiger partial charge in [0.25, 0.3) is 5.91 Å². The van der Waals surface area contributed by atoms with Crippen LogP contribution in [0.1, 0.15) is 12.5 Å². The van der Waals surface area contributed by atoms with Crippen LogP contribution in [-0.2, 0) is 16.1 Å². The van der Waals surface area contributed by atoms with Crippen molar-refractivity contribution in [1.82, 2.24) is 10.2 Å². The second-order valence-electron chi connectivity index (χ2n) is 6.28. The van der Waals surface area contributed by atoms with Gasteiger partial charge in [-0.05, 0) is 24.6 Å². The molecule has 0 aromatic heterocycles. The van der Waals surface area contributed by atoms with Crippen molar-refractivity contribution < 1.29 is 23.8 Å². The zero-order valence-electron chi connectivity index (χ0n) is 16.9. The fourth-order valence-corrected chi connectivity index (χ4v) is 2.80. The van der Waals surface area contributed by atoms with E-state index in [1.807, 2.05) is 12.1 Å². The first-order valence-electron chi connectivity index (χ1n) is 8.99. The maximum atomic E-state index is 12.9. The Morgan fingerprint density at radius 3 is 2.10 bits per heavy atom. The van der Waals surface area contributed by atoms with E-state index in [0.717, 1.165) is 5.56 Å². The standard InChI is InChI=1S/C21H25ClN2O5/c1-14(21(26)23-2)24(12-15-5-7-16(22)8-6-15)20(25)13-29-19-10-17(27-3)9-18(11-19)28-4/h5-11,14H,12-13H2,1-4H3,(H,23,26). The third-order valence-electron chi connectivity index (χ3n) is 4.37. The Hall–Kier alpha value is -2.93. The molecule has 156 valence electrons. The molecule has 1 N–H and O–H groups in total. The van der Waals surface area contributed by atoms with Crippen molar-refractivity contribution >= 4 is 23.4 Å². The Balaban J connectivity index is 2.16. The number of amides is 2. The van der Waals surface area contributed by atoms with Crippen LogP contribution in [0.2, 0.25) is 5.02 Å². The summed E-state index contributed by atoms with van der Waals surface area (Å²) in [6.07, 6.45) is 0. The monoisotopic (exact) mass is 420 g/mol. The van der Waals surface area contributed by atoms with Gasteiger partial charge in [-0.3, -0.25) is 9.59 Å². The molecule has 29 heavy (non-hydrogen) atoms. The first-order valence-corrected chi connectivity index (χ1v) is 9.37. The molecule has 1 unspecified atom stereocenters. The molecule has 0 aliphatic carbocycles. The molecule has 2 amide bonds. The fourth-order valence-electron chi connectivity index (χ4n) is 2.67. The molecule has 2 aromatic carbocycles. The van der Waals surface area contributed by atoms with Gasteiger partial charge in [0.2, 0.25) is 5.91 Å². The number of rotatable bonds is 9. The summed E-state index contributed by atoms with van der Waals surface area (Å²) in [5.41, 5.74) is 0.849. The van der Waals surface area contributed by atoms with Gasteiger partial charge in [-0.15, -0.1) is 0 Å². The molecule has 0 spiro atoms. The van der Waals surface area contributed by atoms with Crippen LogP contribution in [0.3, 0.4) is 0 Å².